The fraction of sp³-hybridized carbons (Fsp3) is 0.0926. The van der Waals surface area contributed by atoms with Crippen LogP contribution in [0.25, 0.3) is 71.7 Å². The Morgan fingerprint density at radius 2 is 1.24 bits per heavy atom. The molecule has 0 spiro atoms. The van der Waals surface area contributed by atoms with Gasteiger partial charge in [-0.15, -0.1) is 0 Å². The van der Waals surface area contributed by atoms with Crippen molar-refractivity contribution in [3.63, 3.8) is 0 Å². The first kappa shape index (κ1) is 33.9. The van der Waals surface area contributed by atoms with Crippen LogP contribution in [0.3, 0.4) is 0 Å². The van der Waals surface area contributed by atoms with E-state index in [1.165, 1.54) is 49.7 Å². The van der Waals surface area contributed by atoms with Gasteiger partial charge < -0.3 is 14.3 Å². The molecule has 2 N–H and O–H groups in total. The maximum absolute atomic E-state index is 6.98. The summed E-state index contributed by atoms with van der Waals surface area (Å²) in [7, 11) is 0. The quantitative estimate of drug-likeness (QED) is 0.184. The average molecular weight is 761 g/mol. The SMILES string of the molecule is CC1(C)c2ccccc2-c2cc3c(cc21)c1ccccc1n3-c1cccc2c1oc1cccc(C3=NC(c4ccccc4)NC(c4ccc(-c5ccccc5)cc4)N3)c12. The van der Waals surface area contributed by atoms with Crippen LogP contribution in [0.2, 0.25) is 0 Å². The molecule has 5 nitrogen and oxygen atoms in total. The molecule has 12 rings (SSSR count). The Morgan fingerprint density at radius 3 is 2.08 bits per heavy atom. The molecule has 2 aromatic heterocycles. The zero-order valence-electron chi connectivity index (χ0n) is 32.8. The molecular formula is C54H40N4O. The van der Waals surface area contributed by atoms with Crippen molar-refractivity contribution in [3.05, 3.63) is 210 Å². The molecule has 0 saturated heterocycles. The van der Waals surface area contributed by atoms with E-state index in [9.17, 15) is 0 Å². The molecule has 1 aliphatic heterocycles. The van der Waals surface area contributed by atoms with E-state index in [4.69, 9.17) is 9.41 Å². The lowest BCUT2D eigenvalue weighted by molar-refractivity contribution is 0.409. The molecule has 1 aliphatic carbocycles. The highest BCUT2D eigenvalue weighted by Crippen LogP contribution is 2.51. The lowest BCUT2D eigenvalue weighted by Crippen LogP contribution is -2.45. The molecule has 10 aromatic rings. The lowest BCUT2D eigenvalue weighted by atomic mass is 9.82. The van der Waals surface area contributed by atoms with Crippen LogP contribution in [0.5, 0.6) is 0 Å². The molecule has 2 aliphatic rings. The first-order chi connectivity index (χ1) is 29.0. The summed E-state index contributed by atoms with van der Waals surface area (Å²) in [6, 6.07) is 65.2. The van der Waals surface area contributed by atoms with Crippen molar-refractivity contribution >= 4 is 49.6 Å². The van der Waals surface area contributed by atoms with E-state index in [0.717, 1.165) is 55.7 Å². The number of fused-ring (bicyclic) bond motifs is 9. The Balaban J connectivity index is 1.03. The molecule has 2 atom stereocenters. The first-order valence-electron chi connectivity index (χ1n) is 20.4. The van der Waals surface area contributed by atoms with Gasteiger partial charge >= 0.3 is 0 Å². The van der Waals surface area contributed by atoms with Gasteiger partial charge in [0.05, 0.1) is 16.7 Å². The highest BCUT2D eigenvalue weighted by Gasteiger charge is 2.36. The van der Waals surface area contributed by atoms with Crippen LogP contribution < -0.4 is 10.6 Å². The van der Waals surface area contributed by atoms with Gasteiger partial charge in [-0.1, -0.05) is 166 Å². The summed E-state index contributed by atoms with van der Waals surface area (Å²) in [5.41, 5.74) is 15.9. The number of amidine groups is 1. The minimum Gasteiger partial charge on any atom is -0.454 e. The number of aromatic nitrogens is 1. The van der Waals surface area contributed by atoms with E-state index in [1.807, 2.05) is 0 Å². The maximum Gasteiger partial charge on any atom is 0.159 e. The highest BCUT2D eigenvalue weighted by molar-refractivity contribution is 6.20. The number of nitrogens with one attached hydrogen (secondary N) is 2. The monoisotopic (exact) mass is 760 g/mol. The molecule has 0 bridgehead atoms. The third-order valence-corrected chi connectivity index (χ3v) is 12.7. The summed E-state index contributed by atoms with van der Waals surface area (Å²) in [4.78, 5) is 5.36. The van der Waals surface area contributed by atoms with Crippen LogP contribution in [0.1, 0.15) is 54.0 Å². The third kappa shape index (κ3) is 5.18. The standard InChI is InChI=1S/C54H40N4O/c1-54(2)43-23-11-9-19-37(43)41-32-47-42(31-44(41)54)38-20-10-12-24-45(38)58(47)46-25-13-21-39-49-40(22-14-26-48(49)59-50(39)46)53-56-51(35-17-7-4-8-18-35)55-52(57-53)36-29-27-34(28-30-36)33-15-5-3-6-16-33/h3-32,51-52,55H,1-2H3,(H,56,57). The lowest BCUT2D eigenvalue weighted by Gasteiger charge is -2.32. The van der Waals surface area contributed by atoms with Crippen molar-refractivity contribution < 1.29 is 4.42 Å². The predicted molar refractivity (Wildman–Crippen MR) is 242 cm³/mol. The molecule has 0 fully saturated rings. The normalized spacial score (nSPS) is 16.9. The zero-order chi connectivity index (χ0) is 39.2. The van der Waals surface area contributed by atoms with Gasteiger partial charge in [-0.25, -0.2) is 4.99 Å². The van der Waals surface area contributed by atoms with Crippen LogP contribution >= 0.6 is 0 Å². The minimum absolute atomic E-state index is 0.0893. The number of hydrogen-bond donors (Lipinski definition) is 2. The van der Waals surface area contributed by atoms with Crippen molar-refractivity contribution in [2.75, 3.05) is 0 Å². The molecule has 282 valence electrons. The van der Waals surface area contributed by atoms with Gasteiger partial charge in [-0.3, -0.25) is 5.32 Å². The van der Waals surface area contributed by atoms with Gasteiger partial charge in [0.15, 0.2) is 5.58 Å². The Hall–Kier alpha value is -7.21. The van der Waals surface area contributed by atoms with Crippen LogP contribution in [0.15, 0.2) is 191 Å². The maximum atomic E-state index is 6.98. The van der Waals surface area contributed by atoms with E-state index in [-0.39, 0.29) is 17.7 Å². The Morgan fingerprint density at radius 1 is 0.542 bits per heavy atom. The second kappa shape index (κ2) is 12.9. The molecule has 0 radical (unpaired) electrons. The third-order valence-electron chi connectivity index (χ3n) is 12.7. The van der Waals surface area contributed by atoms with Crippen LogP contribution in [-0.4, -0.2) is 10.4 Å². The number of rotatable bonds is 5. The van der Waals surface area contributed by atoms with Crippen molar-refractivity contribution in [3.8, 4) is 27.9 Å². The topological polar surface area (TPSA) is 54.5 Å². The van der Waals surface area contributed by atoms with Crippen LogP contribution in [0, 0.1) is 0 Å². The number of nitrogens with zero attached hydrogens (tertiary/aromatic N) is 2. The van der Waals surface area contributed by atoms with Gasteiger partial charge in [-0.2, -0.15) is 0 Å². The van der Waals surface area contributed by atoms with Gasteiger partial charge in [0, 0.05) is 32.5 Å². The second-order valence-electron chi connectivity index (χ2n) is 16.4. The van der Waals surface area contributed by atoms with Gasteiger partial charge in [0.1, 0.15) is 23.8 Å². The molecule has 5 heteroatoms. The van der Waals surface area contributed by atoms with E-state index in [2.05, 4.69) is 211 Å². The number of furan rings is 1. The fourth-order valence-electron chi connectivity index (χ4n) is 9.80. The number of para-hydroxylation sites is 2. The molecule has 0 saturated carbocycles. The summed E-state index contributed by atoms with van der Waals surface area (Å²) in [6.07, 6.45) is -0.444. The average Bonchev–Trinajstić information content (AvgIpc) is 3.91. The van der Waals surface area contributed by atoms with Crippen molar-refractivity contribution in [1.29, 1.82) is 0 Å². The van der Waals surface area contributed by atoms with E-state index >= 15 is 0 Å². The Bertz CT molecular complexity index is 3300. The number of aliphatic imine (C=N–C) groups is 1. The second-order valence-corrected chi connectivity index (χ2v) is 16.4. The number of benzene rings is 8. The van der Waals surface area contributed by atoms with E-state index < -0.39 is 0 Å². The van der Waals surface area contributed by atoms with Gasteiger partial charge in [0.2, 0.25) is 0 Å². The Kier molecular flexibility index (Phi) is 7.41. The van der Waals surface area contributed by atoms with E-state index in [1.54, 1.807) is 0 Å². The van der Waals surface area contributed by atoms with Gasteiger partial charge in [0.25, 0.3) is 0 Å². The molecule has 2 unspecified atom stereocenters. The van der Waals surface area contributed by atoms with Crippen LogP contribution in [-0.2, 0) is 5.41 Å². The predicted octanol–water partition coefficient (Wildman–Crippen LogP) is 13.0. The zero-order valence-corrected chi connectivity index (χ0v) is 32.8. The summed E-state index contributed by atoms with van der Waals surface area (Å²) in [5, 5.41) is 12.2. The highest BCUT2D eigenvalue weighted by atomic mass is 16.3. The van der Waals surface area contributed by atoms with E-state index in [0.29, 0.717) is 0 Å². The minimum atomic E-state index is -0.260. The van der Waals surface area contributed by atoms with Crippen molar-refractivity contribution in [2.24, 2.45) is 4.99 Å². The van der Waals surface area contributed by atoms with Gasteiger partial charge in [-0.05, 0) is 74.8 Å². The molecule has 3 heterocycles. The van der Waals surface area contributed by atoms with Crippen LogP contribution in [0.4, 0.5) is 0 Å². The molecule has 8 aromatic carbocycles. The summed E-state index contributed by atoms with van der Waals surface area (Å²) >= 11 is 0. The smallest absolute Gasteiger partial charge is 0.159 e. The summed E-state index contributed by atoms with van der Waals surface area (Å²) in [6.45, 7) is 4.70. The van der Waals surface area contributed by atoms with Crippen molar-refractivity contribution in [2.45, 2.75) is 31.6 Å². The van der Waals surface area contributed by atoms with Crippen molar-refractivity contribution in [1.82, 2.24) is 15.2 Å². The Labute approximate surface area is 342 Å². The molecule has 0 amide bonds. The first-order valence-corrected chi connectivity index (χ1v) is 20.4. The summed E-state index contributed by atoms with van der Waals surface area (Å²) < 4.78 is 9.38. The summed E-state index contributed by atoms with van der Waals surface area (Å²) in [5.74, 6) is 0.821. The largest absolute Gasteiger partial charge is 0.454 e. The fourth-order valence-corrected chi connectivity index (χ4v) is 9.80. The molecular weight excluding hydrogens is 721 g/mol. The number of hydrogen-bond acceptors (Lipinski definition) is 4. The molecule has 59 heavy (non-hydrogen) atoms.